The molecule has 8 nitrogen and oxygen atoms in total. The molecule has 0 saturated heterocycles. The minimum Gasteiger partial charge on any atom is -0.258 e. The van der Waals surface area contributed by atoms with E-state index in [1.165, 1.54) is 23.9 Å². The number of thioether (sulfide) groups is 1. The molecule has 0 radical (unpaired) electrons. The highest BCUT2D eigenvalue weighted by Gasteiger charge is 2.16. The Kier molecular flexibility index (Phi) is 3.72. The predicted octanol–water partition coefficient (Wildman–Crippen LogP) is 2.40. The molecule has 112 valence electrons. The van der Waals surface area contributed by atoms with Gasteiger partial charge in [-0.1, -0.05) is 18.7 Å². The summed E-state index contributed by atoms with van der Waals surface area (Å²) in [6.07, 6.45) is 2.60. The smallest absolute Gasteiger partial charge is 0.258 e. The van der Waals surface area contributed by atoms with E-state index >= 15 is 0 Å². The number of non-ortho nitro benzene ring substituents is 1. The van der Waals surface area contributed by atoms with Crippen molar-refractivity contribution < 1.29 is 4.92 Å². The summed E-state index contributed by atoms with van der Waals surface area (Å²) in [5.74, 6) is 0. The second-order valence-electron chi connectivity index (χ2n) is 4.46. The molecule has 3 rings (SSSR count). The topological polar surface area (TPSA) is 99.6 Å². The fourth-order valence-corrected chi connectivity index (χ4v) is 2.38. The van der Waals surface area contributed by atoms with Crippen LogP contribution in [-0.4, -0.2) is 36.1 Å². The first kappa shape index (κ1) is 14.4. The van der Waals surface area contributed by atoms with Gasteiger partial charge in [0.2, 0.25) is 10.8 Å². The van der Waals surface area contributed by atoms with Gasteiger partial charge in [-0.05, 0) is 24.8 Å². The van der Waals surface area contributed by atoms with E-state index in [4.69, 9.17) is 0 Å². The van der Waals surface area contributed by atoms with Gasteiger partial charge < -0.3 is 0 Å². The highest BCUT2D eigenvalue weighted by atomic mass is 32.2. The van der Waals surface area contributed by atoms with Crippen LogP contribution in [0.25, 0.3) is 16.9 Å². The number of nitro benzene ring substituents is 1. The second-order valence-corrected chi connectivity index (χ2v) is 5.23. The molecule has 0 fully saturated rings. The molecule has 2 heterocycles. The quantitative estimate of drug-likeness (QED) is 0.414. The molecule has 0 aliphatic heterocycles. The average molecular weight is 316 g/mol. The molecule has 0 bridgehead atoms. The Morgan fingerprint density at radius 1 is 1.27 bits per heavy atom. The normalized spacial score (nSPS) is 11.0. The van der Waals surface area contributed by atoms with Crippen molar-refractivity contribution >= 4 is 28.6 Å². The molecule has 0 aliphatic carbocycles. The van der Waals surface area contributed by atoms with E-state index in [-0.39, 0.29) is 5.69 Å². The van der Waals surface area contributed by atoms with Crippen molar-refractivity contribution in [2.24, 2.45) is 0 Å². The van der Waals surface area contributed by atoms with Gasteiger partial charge in [-0.2, -0.15) is 5.10 Å². The third-order valence-electron chi connectivity index (χ3n) is 3.17. The first-order chi connectivity index (χ1) is 10.6. The molecule has 22 heavy (non-hydrogen) atoms. The molecule has 1 aromatic carbocycles. The largest absolute Gasteiger partial charge is 0.269 e. The van der Waals surface area contributed by atoms with Gasteiger partial charge >= 0.3 is 0 Å². The highest BCUT2D eigenvalue weighted by molar-refractivity contribution is 7.98. The van der Waals surface area contributed by atoms with E-state index in [1.807, 2.05) is 13.2 Å². The Morgan fingerprint density at radius 3 is 2.59 bits per heavy atom. The Labute approximate surface area is 129 Å². The molecule has 0 aliphatic rings. The second kappa shape index (κ2) is 5.68. The number of aryl methyl sites for hydroxylation is 1. The number of fused-ring (bicyclic) bond motifs is 1. The number of rotatable bonds is 4. The van der Waals surface area contributed by atoms with Crippen molar-refractivity contribution in [2.75, 3.05) is 6.26 Å². The fraction of sp³-hybridized carbons (Fsp3) is 0.231. The average Bonchev–Trinajstić information content (AvgIpc) is 2.92. The third-order valence-corrected chi connectivity index (χ3v) is 3.70. The third kappa shape index (κ3) is 2.39. The van der Waals surface area contributed by atoms with Crippen LogP contribution in [-0.2, 0) is 6.42 Å². The summed E-state index contributed by atoms with van der Waals surface area (Å²) in [7, 11) is 0. The maximum atomic E-state index is 10.7. The minimum absolute atomic E-state index is 0.0322. The van der Waals surface area contributed by atoms with Crippen LogP contribution in [0, 0.1) is 10.1 Å². The van der Waals surface area contributed by atoms with Gasteiger partial charge in [0.25, 0.3) is 5.69 Å². The first-order valence-corrected chi connectivity index (χ1v) is 7.77. The highest BCUT2D eigenvalue weighted by Crippen LogP contribution is 2.22. The monoisotopic (exact) mass is 316 g/mol. The molecule has 0 saturated carbocycles. The molecule has 2 aromatic heterocycles. The molecule has 0 atom stereocenters. The Hall–Kier alpha value is -2.55. The Bertz CT molecular complexity index is 846. The van der Waals surface area contributed by atoms with Crippen molar-refractivity contribution in [1.29, 1.82) is 0 Å². The minimum atomic E-state index is -0.436. The van der Waals surface area contributed by atoms with Gasteiger partial charge in [0.05, 0.1) is 16.3 Å². The molecule has 0 unspecified atom stereocenters. The molecule has 0 amide bonds. The number of aromatic nitrogens is 5. The van der Waals surface area contributed by atoms with Gasteiger partial charge in [0, 0.05) is 12.1 Å². The molecular formula is C13H12N6O2S. The van der Waals surface area contributed by atoms with E-state index in [2.05, 4.69) is 20.3 Å². The lowest BCUT2D eigenvalue weighted by Gasteiger charge is -2.01. The molecule has 9 heteroatoms. The SMILES string of the molecule is CCc1nn(-c2ccc([N+](=O)[O-])cc2)c2nnc(SC)nc12. The van der Waals surface area contributed by atoms with E-state index < -0.39 is 4.92 Å². The van der Waals surface area contributed by atoms with Crippen LogP contribution < -0.4 is 0 Å². The number of nitro groups is 1. The zero-order chi connectivity index (χ0) is 15.7. The van der Waals surface area contributed by atoms with E-state index in [9.17, 15) is 10.1 Å². The lowest BCUT2D eigenvalue weighted by atomic mass is 10.3. The van der Waals surface area contributed by atoms with Gasteiger partial charge in [-0.15, -0.1) is 10.2 Å². The Morgan fingerprint density at radius 2 is 2.00 bits per heavy atom. The van der Waals surface area contributed by atoms with Crippen LogP contribution in [0.15, 0.2) is 29.4 Å². The van der Waals surface area contributed by atoms with Crippen LogP contribution in [0.2, 0.25) is 0 Å². The molecular weight excluding hydrogens is 304 g/mol. The molecule has 3 aromatic rings. The van der Waals surface area contributed by atoms with Crippen molar-refractivity contribution in [3.05, 3.63) is 40.1 Å². The van der Waals surface area contributed by atoms with Gasteiger partial charge in [-0.25, -0.2) is 9.67 Å². The van der Waals surface area contributed by atoms with Crippen molar-refractivity contribution in [2.45, 2.75) is 18.5 Å². The zero-order valence-corrected chi connectivity index (χ0v) is 12.7. The van der Waals surface area contributed by atoms with Crippen LogP contribution >= 0.6 is 11.8 Å². The van der Waals surface area contributed by atoms with Crippen LogP contribution in [0.5, 0.6) is 0 Å². The van der Waals surface area contributed by atoms with Crippen LogP contribution in [0.1, 0.15) is 12.6 Å². The van der Waals surface area contributed by atoms with Crippen molar-refractivity contribution in [3.8, 4) is 5.69 Å². The summed E-state index contributed by atoms with van der Waals surface area (Å²) in [4.78, 5) is 14.7. The first-order valence-electron chi connectivity index (χ1n) is 6.55. The Balaban J connectivity index is 2.16. The summed E-state index contributed by atoms with van der Waals surface area (Å²) < 4.78 is 1.61. The lowest BCUT2D eigenvalue weighted by Crippen LogP contribution is -2.00. The number of hydrogen-bond donors (Lipinski definition) is 0. The number of hydrogen-bond acceptors (Lipinski definition) is 7. The molecule has 0 spiro atoms. The maximum Gasteiger partial charge on any atom is 0.269 e. The fourth-order valence-electron chi connectivity index (χ4n) is 2.08. The van der Waals surface area contributed by atoms with E-state index in [0.29, 0.717) is 28.4 Å². The van der Waals surface area contributed by atoms with Gasteiger partial charge in [0.1, 0.15) is 5.52 Å². The standard InChI is InChI=1S/C13H12N6O2S/c1-3-10-11-12(15-16-13(14-11)22-2)18(17-10)8-4-6-9(7-5-8)19(20)21/h4-7H,3H2,1-2H3. The van der Waals surface area contributed by atoms with Crippen LogP contribution in [0.4, 0.5) is 5.69 Å². The van der Waals surface area contributed by atoms with Crippen molar-refractivity contribution in [3.63, 3.8) is 0 Å². The van der Waals surface area contributed by atoms with E-state index in [1.54, 1.807) is 16.8 Å². The van der Waals surface area contributed by atoms with Crippen LogP contribution in [0.3, 0.4) is 0 Å². The predicted molar refractivity (Wildman–Crippen MR) is 82.3 cm³/mol. The lowest BCUT2D eigenvalue weighted by molar-refractivity contribution is -0.384. The maximum absolute atomic E-state index is 10.7. The van der Waals surface area contributed by atoms with Crippen molar-refractivity contribution in [1.82, 2.24) is 25.0 Å². The number of nitrogens with zero attached hydrogens (tertiary/aromatic N) is 6. The summed E-state index contributed by atoms with van der Waals surface area (Å²) >= 11 is 1.42. The summed E-state index contributed by atoms with van der Waals surface area (Å²) in [6, 6.07) is 6.14. The summed E-state index contributed by atoms with van der Waals surface area (Å²) in [6.45, 7) is 1.99. The van der Waals surface area contributed by atoms with Gasteiger partial charge in [0.15, 0.2) is 0 Å². The zero-order valence-electron chi connectivity index (χ0n) is 11.9. The number of benzene rings is 1. The summed E-state index contributed by atoms with van der Waals surface area (Å²) in [5, 5.41) is 24.0. The molecule has 0 N–H and O–H groups in total. The summed E-state index contributed by atoms with van der Waals surface area (Å²) in [5.41, 5.74) is 2.79. The van der Waals surface area contributed by atoms with Gasteiger partial charge in [-0.3, -0.25) is 10.1 Å². The van der Waals surface area contributed by atoms with E-state index in [0.717, 1.165) is 5.69 Å².